The molecule has 0 radical (unpaired) electrons. The van der Waals surface area contributed by atoms with Crippen LogP contribution in [0.5, 0.6) is 0 Å². The molecule has 0 N–H and O–H groups in total. The molecule has 0 saturated heterocycles. The van der Waals surface area contributed by atoms with E-state index >= 15 is 0 Å². The predicted octanol–water partition coefficient (Wildman–Crippen LogP) is 2.47. The third-order valence-corrected chi connectivity index (χ3v) is 4.57. The second kappa shape index (κ2) is 5.92. The molecule has 0 aliphatic carbocycles. The van der Waals surface area contributed by atoms with E-state index in [1.54, 1.807) is 43.0 Å². The van der Waals surface area contributed by atoms with E-state index in [-0.39, 0.29) is 17.1 Å². The van der Waals surface area contributed by atoms with Crippen molar-refractivity contribution in [2.24, 2.45) is 0 Å². The van der Waals surface area contributed by atoms with Gasteiger partial charge in [0.05, 0.1) is 16.4 Å². The Morgan fingerprint density at radius 1 is 1.23 bits per heavy atom. The van der Waals surface area contributed by atoms with Crippen LogP contribution in [0.25, 0.3) is 0 Å². The Morgan fingerprint density at radius 2 is 1.86 bits per heavy atom. The minimum atomic E-state index is -0.220. The van der Waals surface area contributed by atoms with E-state index in [2.05, 4.69) is 10.1 Å². The molecule has 114 valence electrons. The number of hydrogen-bond acceptors (Lipinski definition) is 6. The lowest BCUT2D eigenvalue weighted by molar-refractivity contribution is 0.0664. The van der Waals surface area contributed by atoms with E-state index in [0.717, 1.165) is 0 Å². The van der Waals surface area contributed by atoms with Crippen molar-refractivity contribution in [2.75, 3.05) is 12.3 Å². The van der Waals surface area contributed by atoms with E-state index < -0.39 is 0 Å². The maximum absolute atomic E-state index is 12.2. The molecule has 1 aliphatic heterocycles. The highest BCUT2D eigenvalue weighted by atomic mass is 32.2. The van der Waals surface area contributed by atoms with Crippen LogP contribution in [0.1, 0.15) is 44.6 Å². The molecule has 1 aromatic heterocycles. The minimum absolute atomic E-state index is 0.0244. The average molecular weight is 317 g/mol. The number of benzene rings is 1. The summed E-state index contributed by atoms with van der Waals surface area (Å²) in [7, 11) is 0. The maximum Gasteiger partial charge on any atom is 0.261 e. The number of hydrogen-bond donors (Lipinski definition) is 0. The molecule has 2 heterocycles. The highest BCUT2D eigenvalue weighted by Crippen LogP contribution is 2.28. The first-order valence-corrected chi connectivity index (χ1v) is 8.00. The number of fused-ring (bicyclic) bond motifs is 1. The van der Waals surface area contributed by atoms with Gasteiger partial charge in [0.2, 0.25) is 5.89 Å². The molecular weight excluding hydrogens is 302 g/mol. The first-order chi connectivity index (χ1) is 10.6. The number of aromatic nitrogens is 2. The fourth-order valence-corrected chi connectivity index (χ4v) is 3.19. The smallest absolute Gasteiger partial charge is 0.261 e. The van der Waals surface area contributed by atoms with Crippen LogP contribution in [0, 0.1) is 6.92 Å². The molecule has 7 heteroatoms. The lowest BCUT2D eigenvalue weighted by Crippen LogP contribution is -2.31. The summed E-state index contributed by atoms with van der Waals surface area (Å²) in [6, 6.07) is 6.91. The molecule has 1 aromatic carbocycles. The van der Waals surface area contributed by atoms with Crippen molar-refractivity contribution in [3.05, 3.63) is 47.1 Å². The highest BCUT2D eigenvalue weighted by molar-refractivity contribution is 7.99. The van der Waals surface area contributed by atoms with Crippen molar-refractivity contribution >= 4 is 23.6 Å². The SMILES string of the molecule is Cc1noc(C(C)SCCN2C(=O)c3ccccc3C2=O)n1. The third kappa shape index (κ3) is 2.64. The number of imide groups is 1. The molecule has 6 nitrogen and oxygen atoms in total. The number of aryl methyl sites for hydroxylation is 1. The molecule has 2 aromatic rings. The molecule has 0 saturated carbocycles. The van der Waals surface area contributed by atoms with E-state index in [4.69, 9.17) is 4.52 Å². The van der Waals surface area contributed by atoms with E-state index in [9.17, 15) is 9.59 Å². The van der Waals surface area contributed by atoms with E-state index in [1.165, 1.54) is 4.90 Å². The van der Waals surface area contributed by atoms with Crippen molar-refractivity contribution in [3.8, 4) is 0 Å². The molecule has 0 fully saturated rings. The summed E-state index contributed by atoms with van der Waals surface area (Å²) in [6.45, 7) is 4.09. The Kier molecular flexibility index (Phi) is 3.98. The second-order valence-electron chi connectivity index (χ2n) is 5.00. The second-order valence-corrected chi connectivity index (χ2v) is 6.45. The summed E-state index contributed by atoms with van der Waals surface area (Å²) in [4.78, 5) is 29.9. The maximum atomic E-state index is 12.2. The van der Waals surface area contributed by atoms with Gasteiger partial charge in [-0.25, -0.2) is 0 Å². The zero-order chi connectivity index (χ0) is 15.7. The van der Waals surface area contributed by atoms with Gasteiger partial charge < -0.3 is 4.52 Å². The summed E-state index contributed by atoms with van der Waals surface area (Å²) < 4.78 is 5.11. The Morgan fingerprint density at radius 3 is 2.41 bits per heavy atom. The Labute approximate surface area is 131 Å². The van der Waals surface area contributed by atoms with Gasteiger partial charge in [-0.3, -0.25) is 14.5 Å². The van der Waals surface area contributed by atoms with Crippen molar-refractivity contribution in [1.29, 1.82) is 0 Å². The highest BCUT2D eigenvalue weighted by Gasteiger charge is 2.34. The molecule has 22 heavy (non-hydrogen) atoms. The first kappa shape index (κ1) is 14.8. The third-order valence-electron chi connectivity index (χ3n) is 3.45. The normalized spacial score (nSPS) is 15.3. The van der Waals surface area contributed by atoms with Crippen LogP contribution in [-0.2, 0) is 0 Å². The number of carbonyl (C=O) groups is 2. The summed E-state index contributed by atoms with van der Waals surface area (Å²) in [5.41, 5.74) is 0.969. The summed E-state index contributed by atoms with van der Waals surface area (Å²) in [5.74, 6) is 1.34. The zero-order valence-electron chi connectivity index (χ0n) is 12.3. The molecule has 0 bridgehead atoms. The van der Waals surface area contributed by atoms with E-state index in [0.29, 0.717) is 35.1 Å². The number of nitrogens with zero attached hydrogens (tertiary/aromatic N) is 3. The predicted molar refractivity (Wildman–Crippen MR) is 81.7 cm³/mol. The van der Waals surface area contributed by atoms with Gasteiger partial charge in [-0.1, -0.05) is 17.3 Å². The van der Waals surface area contributed by atoms with Gasteiger partial charge in [0.1, 0.15) is 0 Å². The molecule has 0 spiro atoms. The fourth-order valence-electron chi connectivity index (χ4n) is 2.31. The van der Waals surface area contributed by atoms with Crippen LogP contribution in [0.4, 0.5) is 0 Å². The number of carbonyl (C=O) groups excluding carboxylic acids is 2. The minimum Gasteiger partial charge on any atom is -0.338 e. The molecule has 1 aliphatic rings. The lowest BCUT2D eigenvalue weighted by Gasteiger charge is -2.14. The summed E-state index contributed by atoms with van der Waals surface area (Å²) >= 11 is 1.57. The number of rotatable bonds is 5. The van der Waals surface area contributed by atoms with Gasteiger partial charge in [-0.05, 0) is 26.0 Å². The van der Waals surface area contributed by atoms with Gasteiger partial charge in [0.25, 0.3) is 11.8 Å². The number of thioether (sulfide) groups is 1. The number of amides is 2. The lowest BCUT2D eigenvalue weighted by atomic mass is 10.1. The quantitative estimate of drug-likeness (QED) is 0.789. The standard InChI is InChI=1S/C15H15N3O3S/c1-9(13-16-10(2)17-21-13)22-8-7-18-14(19)11-5-3-4-6-12(11)15(18)20/h3-6,9H,7-8H2,1-2H3. The Balaban J connectivity index is 1.59. The molecule has 1 atom stereocenters. The van der Waals surface area contributed by atoms with Crippen molar-refractivity contribution < 1.29 is 14.1 Å². The zero-order valence-corrected chi connectivity index (χ0v) is 13.1. The molecular formula is C15H15N3O3S. The Hall–Kier alpha value is -2.15. The van der Waals surface area contributed by atoms with Crippen LogP contribution >= 0.6 is 11.8 Å². The van der Waals surface area contributed by atoms with Crippen LogP contribution in [0.2, 0.25) is 0 Å². The Bertz CT molecular complexity index is 693. The van der Waals surface area contributed by atoms with Gasteiger partial charge in [0, 0.05) is 12.3 Å². The monoisotopic (exact) mass is 317 g/mol. The van der Waals surface area contributed by atoms with Crippen molar-refractivity contribution in [1.82, 2.24) is 15.0 Å². The molecule has 2 amide bonds. The van der Waals surface area contributed by atoms with Crippen LogP contribution in [0.3, 0.4) is 0 Å². The fraction of sp³-hybridized carbons (Fsp3) is 0.333. The van der Waals surface area contributed by atoms with Crippen LogP contribution in [-0.4, -0.2) is 39.2 Å². The van der Waals surface area contributed by atoms with Crippen LogP contribution in [0.15, 0.2) is 28.8 Å². The first-order valence-electron chi connectivity index (χ1n) is 6.95. The van der Waals surface area contributed by atoms with E-state index in [1.807, 2.05) is 6.92 Å². The van der Waals surface area contributed by atoms with Gasteiger partial charge in [-0.2, -0.15) is 4.98 Å². The van der Waals surface area contributed by atoms with Gasteiger partial charge in [-0.15, -0.1) is 11.8 Å². The molecule has 1 unspecified atom stereocenters. The largest absolute Gasteiger partial charge is 0.338 e. The topological polar surface area (TPSA) is 76.3 Å². The average Bonchev–Trinajstić information content (AvgIpc) is 3.05. The van der Waals surface area contributed by atoms with Crippen molar-refractivity contribution in [3.63, 3.8) is 0 Å². The molecule has 3 rings (SSSR count). The van der Waals surface area contributed by atoms with Crippen molar-refractivity contribution in [2.45, 2.75) is 19.1 Å². The van der Waals surface area contributed by atoms with Gasteiger partial charge in [0.15, 0.2) is 5.82 Å². The van der Waals surface area contributed by atoms with Gasteiger partial charge >= 0.3 is 0 Å². The summed E-state index contributed by atoms with van der Waals surface area (Å²) in [5, 5.41) is 3.78. The summed E-state index contributed by atoms with van der Waals surface area (Å²) in [6.07, 6.45) is 0. The van der Waals surface area contributed by atoms with Crippen LogP contribution < -0.4 is 0 Å².